The highest BCUT2D eigenvalue weighted by Gasteiger charge is 2.15. The van der Waals surface area contributed by atoms with E-state index in [0.717, 1.165) is 17.1 Å². The van der Waals surface area contributed by atoms with Crippen molar-refractivity contribution < 1.29 is 9.53 Å². The number of ether oxygens (including phenoxy) is 1. The fourth-order valence-corrected chi connectivity index (χ4v) is 3.96. The molecule has 0 aliphatic rings. The van der Waals surface area contributed by atoms with Crippen LogP contribution in [0.4, 0.5) is 0 Å². The van der Waals surface area contributed by atoms with E-state index in [2.05, 4.69) is 10.2 Å². The number of ketones is 1. The molecule has 3 rings (SSSR count). The number of rotatable bonds is 6. The van der Waals surface area contributed by atoms with Gasteiger partial charge < -0.3 is 9.30 Å². The summed E-state index contributed by atoms with van der Waals surface area (Å²) in [5.41, 5.74) is 0.939. The molecule has 0 radical (unpaired) electrons. The van der Waals surface area contributed by atoms with Crippen LogP contribution in [-0.4, -0.2) is 33.4 Å². The number of aromatic nitrogens is 3. The molecule has 0 spiro atoms. The second kappa shape index (κ2) is 7.38. The van der Waals surface area contributed by atoms with E-state index < -0.39 is 0 Å². The highest BCUT2D eigenvalue weighted by Crippen LogP contribution is 2.27. The van der Waals surface area contributed by atoms with Gasteiger partial charge in [-0.05, 0) is 36.4 Å². The van der Waals surface area contributed by atoms with Crippen molar-refractivity contribution in [2.75, 3.05) is 12.9 Å². The molecule has 0 N–H and O–H groups in total. The monoisotopic (exact) mass is 379 g/mol. The predicted octanol–water partition coefficient (Wildman–Crippen LogP) is 4.18. The normalized spacial score (nSPS) is 10.8. The topological polar surface area (TPSA) is 57.0 Å². The lowest BCUT2D eigenvalue weighted by atomic mass is 10.2. The van der Waals surface area contributed by atoms with Crippen molar-refractivity contribution in [1.82, 2.24) is 14.8 Å². The zero-order valence-corrected chi connectivity index (χ0v) is 15.4. The molecule has 124 valence electrons. The quantitative estimate of drug-likeness (QED) is 0.475. The van der Waals surface area contributed by atoms with Gasteiger partial charge >= 0.3 is 0 Å². The third-order valence-corrected chi connectivity index (χ3v) is 5.66. The van der Waals surface area contributed by atoms with Gasteiger partial charge in [0.2, 0.25) is 0 Å². The average Bonchev–Trinajstić information content (AvgIpc) is 3.19. The van der Waals surface area contributed by atoms with Crippen LogP contribution in [0.25, 0.3) is 11.4 Å². The van der Waals surface area contributed by atoms with Crippen LogP contribution >= 0.6 is 34.7 Å². The van der Waals surface area contributed by atoms with Crippen molar-refractivity contribution in [1.29, 1.82) is 0 Å². The second-order valence-corrected chi connectivity index (χ2v) is 7.57. The van der Waals surface area contributed by atoms with Gasteiger partial charge in [-0.1, -0.05) is 23.4 Å². The number of nitrogens with zero attached hydrogens (tertiary/aromatic N) is 3. The summed E-state index contributed by atoms with van der Waals surface area (Å²) in [6, 6.07) is 11.1. The molecular formula is C16H14ClN3O2S2. The molecule has 0 fully saturated rings. The molecule has 24 heavy (non-hydrogen) atoms. The Kier molecular flexibility index (Phi) is 5.23. The zero-order chi connectivity index (χ0) is 17.1. The van der Waals surface area contributed by atoms with E-state index in [1.165, 1.54) is 23.1 Å². The number of methoxy groups -OCH3 is 1. The van der Waals surface area contributed by atoms with Crippen LogP contribution in [-0.2, 0) is 7.05 Å². The number of carbonyl (C=O) groups excluding carboxylic acids is 1. The van der Waals surface area contributed by atoms with Gasteiger partial charge in [0.05, 0.1) is 22.1 Å². The molecular weight excluding hydrogens is 366 g/mol. The summed E-state index contributed by atoms with van der Waals surface area (Å²) in [4.78, 5) is 12.8. The van der Waals surface area contributed by atoms with E-state index in [1.54, 1.807) is 19.2 Å². The minimum absolute atomic E-state index is 0.0332. The standard InChI is InChI=1S/C16H14ClN3O2S2/c1-20-15(10-3-5-11(22-2)6-4-10)18-19-16(20)23-9-12(21)13-7-8-14(17)24-13/h3-8H,9H2,1-2H3. The van der Waals surface area contributed by atoms with Crippen molar-refractivity contribution in [2.45, 2.75) is 5.16 Å². The summed E-state index contributed by atoms with van der Waals surface area (Å²) in [6.07, 6.45) is 0. The molecule has 8 heteroatoms. The van der Waals surface area contributed by atoms with Gasteiger partial charge in [0.15, 0.2) is 16.8 Å². The first-order valence-corrected chi connectivity index (χ1v) is 9.21. The Morgan fingerprint density at radius 2 is 2.00 bits per heavy atom. The Morgan fingerprint density at radius 3 is 2.62 bits per heavy atom. The molecule has 0 aliphatic heterocycles. The molecule has 3 aromatic rings. The largest absolute Gasteiger partial charge is 0.497 e. The van der Waals surface area contributed by atoms with E-state index in [-0.39, 0.29) is 5.78 Å². The minimum Gasteiger partial charge on any atom is -0.497 e. The zero-order valence-electron chi connectivity index (χ0n) is 13.0. The molecule has 5 nitrogen and oxygen atoms in total. The van der Waals surface area contributed by atoms with Gasteiger partial charge in [0.1, 0.15) is 5.75 Å². The van der Waals surface area contributed by atoms with Gasteiger partial charge in [-0.15, -0.1) is 21.5 Å². The van der Waals surface area contributed by atoms with E-state index in [1.807, 2.05) is 35.9 Å². The predicted molar refractivity (Wildman–Crippen MR) is 97.4 cm³/mol. The summed E-state index contributed by atoms with van der Waals surface area (Å²) in [6.45, 7) is 0. The number of carbonyl (C=O) groups is 1. The molecule has 2 aromatic heterocycles. The van der Waals surface area contributed by atoms with Crippen LogP contribution in [0, 0.1) is 0 Å². The summed E-state index contributed by atoms with van der Waals surface area (Å²) >= 11 is 8.51. The molecule has 0 saturated heterocycles. The van der Waals surface area contributed by atoms with Gasteiger partial charge in [-0.25, -0.2) is 0 Å². The lowest BCUT2D eigenvalue weighted by Gasteiger charge is -2.04. The fraction of sp³-hybridized carbons (Fsp3) is 0.188. The Bertz CT molecular complexity index is 859. The Hall–Kier alpha value is -1.83. The first-order valence-electron chi connectivity index (χ1n) is 7.03. The van der Waals surface area contributed by atoms with E-state index >= 15 is 0 Å². The minimum atomic E-state index is 0.0332. The third kappa shape index (κ3) is 3.63. The maximum absolute atomic E-state index is 12.1. The van der Waals surface area contributed by atoms with Crippen LogP contribution in [0.15, 0.2) is 41.6 Å². The second-order valence-electron chi connectivity index (χ2n) is 4.91. The first-order chi connectivity index (χ1) is 11.6. The number of hydrogen-bond acceptors (Lipinski definition) is 6. The summed E-state index contributed by atoms with van der Waals surface area (Å²) in [7, 11) is 3.51. The molecule has 0 amide bonds. The van der Waals surface area contributed by atoms with Gasteiger partial charge in [-0.2, -0.15) is 0 Å². The highest BCUT2D eigenvalue weighted by molar-refractivity contribution is 7.99. The Balaban J connectivity index is 1.71. The molecule has 0 atom stereocenters. The third-order valence-electron chi connectivity index (χ3n) is 3.36. The molecule has 0 aliphatic carbocycles. The van der Waals surface area contributed by atoms with E-state index in [0.29, 0.717) is 20.1 Å². The number of Topliss-reactive ketones (excluding diaryl/α,β-unsaturated/α-hetero) is 1. The maximum Gasteiger partial charge on any atom is 0.191 e. The lowest BCUT2D eigenvalue weighted by Crippen LogP contribution is -2.02. The lowest BCUT2D eigenvalue weighted by molar-refractivity contribution is 0.102. The molecule has 0 saturated carbocycles. The van der Waals surface area contributed by atoms with Crippen molar-refractivity contribution in [3.63, 3.8) is 0 Å². The Labute approximate surface area is 152 Å². The van der Waals surface area contributed by atoms with E-state index in [4.69, 9.17) is 16.3 Å². The van der Waals surface area contributed by atoms with Gasteiger partial charge in [0.25, 0.3) is 0 Å². The van der Waals surface area contributed by atoms with Gasteiger partial charge in [-0.3, -0.25) is 4.79 Å². The number of halogens is 1. The smallest absolute Gasteiger partial charge is 0.191 e. The number of benzene rings is 1. The highest BCUT2D eigenvalue weighted by atomic mass is 35.5. The van der Waals surface area contributed by atoms with Gasteiger partial charge in [0, 0.05) is 12.6 Å². The molecule has 2 heterocycles. The van der Waals surface area contributed by atoms with Crippen molar-refractivity contribution >= 4 is 40.5 Å². The van der Waals surface area contributed by atoms with Crippen LogP contribution < -0.4 is 4.74 Å². The summed E-state index contributed by atoms with van der Waals surface area (Å²) in [5.74, 6) is 1.86. The molecule has 0 unspecified atom stereocenters. The number of hydrogen-bond donors (Lipinski definition) is 0. The number of thiophene rings is 1. The molecule has 1 aromatic carbocycles. The maximum atomic E-state index is 12.1. The fourth-order valence-electron chi connectivity index (χ4n) is 2.10. The first kappa shape index (κ1) is 17.0. The molecule has 0 bridgehead atoms. The van der Waals surface area contributed by atoms with Crippen LogP contribution in [0.5, 0.6) is 5.75 Å². The summed E-state index contributed by atoms with van der Waals surface area (Å²) < 4.78 is 7.65. The van der Waals surface area contributed by atoms with Crippen molar-refractivity contribution in [3.05, 3.63) is 45.6 Å². The van der Waals surface area contributed by atoms with Crippen LogP contribution in [0.3, 0.4) is 0 Å². The average molecular weight is 380 g/mol. The van der Waals surface area contributed by atoms with Crippen LogP contribution in [0.1, 0.15) is 9.67 Å². The van der Waals surface area contributed by atoms with Crippen LogP contribution in [0.2, 0.25) is 4.34 Å². The van der Waals surface area contributed by atoms with E-state index in [9.17, 15) is 4.79 Å². The number of thioether (sulfide) groups is 1. The van der Waals surface area contributed by atoms with Crippen molar-refractivity contribution in [2.24, 2.45) is 7.05 Å². The Morgan fingerprint density at radius 1 is 1.25 bits per heavy atom. The SMILES string of the molecule is COc1ccc(-c2nnc(SCC(=O)c3ccc(Cl)s3)n2C)cc1. The van der Waals surface area contributed by atoms with Crippen molar-refractivity contribution in [3.8, 4) is 17.1 Å². The summed E-state index contributed by atoms with van der Waals surface area (Å²) in [5, 5.41) is 9.08.